The second-order valence-corrected chi connectivity index (χ2v) is 5.02. The van der Waals surface area contributed by atoms with Crippen LogP contribution in [0, 0.1) is 0 Å². The van der Waals surface area contributed by atoms with Gasteiger partial charge in [-0.15, -0.1) is 0 Å². The predicted octanol–water partition coefficient (Wildman–Crippen LogP) is 4.52. The first-order valence-corrected chi connectivity index (χ1v) is 6.69. The van der Waals surface area contributed by atoms with Gasteiger partial charge in [0.15, 0.2) is 0 Å². The number of hydrogen-bond donors (Lipinski definition) is 1. The van der Waals surface area contributed by atoms with Crippen molar-refractivity contribution in [2.45, 2.75) is 13.0 Å². The van der Waals surface area contributed by atoms with Crippen LogP contribution in [0.5, 0.6) is 11.5 Å². The molecule has 0 fully saturated rings. The third-order valence-electron chi connectivity index (χ3n) is 2.85. The lowest BCUT2D eigenvalue weighted by atomic mass is 10.1. The van der Waals surface area contributed by atoms with Gasteiger partial charge >= 0.3 is 0 Å². The summed E-state index contributed by atoms with van der Waals surface area (Å²) in [5.74, 6) is 1.72. The molecule has 1 atom stereocenters. The van der Waals surface area contributed by atoms with Gasteiger partial charge in [0.05, 0.1) is 0 Å². The summed E-state index contributed by atoms with van der Waals surface area (Å²) in [7, 11) is 1.94. The van der Waals surface area contributed by atoms with Crippen LogP contribution in [0.1, 0.15) is 18.5 Å². The van der Waals surface area contributed by atoms with Gasteiger partial charge in [0.25, 0.3) is 0 Å². The van der Waals surface area contributed by atoms with Gasteiger partial charge in [0, 0.05) is 16.1 Å². The molecule has 94 valence electrons. The molecule has 2 rings (SSSR count). The number of benzene rings is 2. The maximum atomic E-state index is 5.94. The Bertz CT molecular complexity index is 513. The van der Waals surface area contributed by atoms with Gasteiger partial charge in [0.1, 0.15) is 11.5 Å². The third-order valence-corrected chi connectivity index (χ3v) is 3.34. The molecular weight excluding hydrogens is 290 g/mol. The first-order chi connectivity index (χ1) is 8.70. The normalized spacial score (nSPS) is 12.2. The Labute approximate surface area is 116 Å². The van der Waals surface area contributed by atoms with Gasteiger partial charge in [0.2, 0.25) is 0 Å². The lowest BCUT2D eigenvalue weighted by Gasteiger charge is -2.16. The summed E-state index contributed by atoms with van der Waals surface area (Å²) in [6.45, 7) is 2.11. The number of halogens is 1. The standard InChI is InChI=1S/C15H16BrNO/c1-11(17-2)14-9-8-12(16)10-15(14)18-13-6-4-3-5-7-13/h3-11,17H,1-2H3. The molecule has 0 saturated heterocycles. The second kappa shape index (κ2) is 6.03. The lowest BCUT2D eigenvalue weighted by Crippen LogP contribution is -2.13. The second-order valence-electron chi connectivity index (χ2n) is 4.11. The molecule has 0 aliphatic rings. The Morgan fingerprint density at radius 1 is 1.11 bits per heavy atom. The molecule has 3 heteroatoms. The highest BCUT2D eigenvalue weighted by Gasteiger charge is 2.11. The molecule has 0 aliphatic carbocycles. The van der Waals surface area contributed by atoms with Crippen LogP contribution in [0.2, 0.25) is 0 Å². The van der Waals surface area contributed by atoms with E-state index in [1.54, 1.807) is 0 Å². The van der Waals surface area contributed by atoms with Crippen molar-refractivity contribution < 1.29 is 4.74 Å². The van der Waals surface area contributed by atoms with Crippen molar-refractivity contribution in [1.82, 2.24) is 5.32 Å². The zero-order chi connectivity index (χ0) is 13.0. The highest BCUT2D eigenvalue weighted by Crippen LogP contribution is 2.32. The van der Waals surface area contributed by atoms with Crippen LogP contribution in [0.3, 0.4) is 0 Å². The molecule has 0 bridgehead atoms. The Balaban J connectivity index is 2.33. The van der Waals surface area contributed by atoms with Crippen LogP contribution in [0.4, 0.5) is 0 Å². The summed E-state index contributed by atoms with van der Waals surface area (Å²) >= 11 is 3.48. The average molecular weight is 306 g/mol. The molecule has 1 N–H and O–H groups in total. The SMILES string of the molecule is CNC(C)c1ccc(Br)cc1Oc1ccccc1. The van der Waals surface area contributed by atoms with Crippen molar-refractivity contribution in [2.75, 3.05) is 7.05 Å². The van der Waals surface area contributed by atoms with Gasteiger partial charge < -0.3 is 10.1 Å². The van der Waals surface area contributed by atoms with Gasteiger partial charge in [-0.1, -0.05) is 40.2 Å². The number of rotatable bonds is 4. The van der Waals surface area contributed by atoms with E-state index in [1.165, 1.54) is 0 Å². The lowest BCUT2D eigenvalue weighted by molar-refractivity contribution is 0.466. The quantitative estimate of drug-likeness (QED) is 0.896. The molecule has 0 radical (unpaired) electrons. The summed E-state index contributed by atoms with van der Waals surface area (Å²) in [4.78, 5) is 0. The minimum Gasteiger partial charge on any atom is -0.457 e. The van der Waals surface area contributed by atoms with E-state index in [4.69, 9.17) is 4.74 Å². The topological polar surface area (TPSA) is 21.3 Å². The van der Waals surface area contributed by atoms with E-state index in [0.717, 1.165) is 21.5 Å². The highest BCUT2D eigenvalue weighted by atomic mass is 79.9. The molecule has 2 nitrogen and oxygen atoms in total. The van der Waals surface area contributed by atoms with Crippen LogP contribution >= 0.6 is 15.9 Å². The molecule has 2 aromatic rings. The summed E-state index contributed by atoms with van der Waals surface area (Å²) in [5.41, 5.74) is 1.14. The largest absolute Gasteiger partial charge is 0.457 e. The first kappa shape index (κ1) is 13.1. The van der Waals surface area contributed by atoms with Crippen molar-refractivity contribution >= 4 is 15.9 Å². The van der Waals surface area contributed by atoms with Crippen molar-refractivity contribution in [1.29, 1.82) is 0 Å². The first-order valence-electron chi connectivity index (χ1n) is 5.90. The zero-order valence-electron chi connectivity index (χ0n) is 10.5. The summed E-state index contributed by atoms with van der Waals surface area (Å²) in [5, 5.41) is 3.23. The van der Waals surface area contributed by atoms with Crippen LogP contribution < -0.4 is 10.1 Å². The third kappa shape index (κ3) is 3.12. The molecule has 0 saturated carbocycles. The van der Waals surface area contributed by atoms with Crippen molar-refractivity contribution in [3.8, 4) is 11.5 Å². The van der Waals surface area contributed by atoms with Gasteiger partial charge in [-0.2, -0.15) is 0 Å². The minimum absolute atomic E-state index is 0.247. The fourth-order valence-corrected chi connectivity index (χ4v) is 2.07. The van der Waals surface area contributed by atoms with Gasteiger partial charge in [-0.05, 0) is 38.2 Å². The van der Waals surface area contributed by atoms with Crippen LogP contribution in [-0.4, -0.2) is 7.05 Å². The number of para-hydroxylation sites is 1. The molecule has 0 aromatic heterocycles. The fraction of sp³-hybridized carbons (Fsp3) is 0.200. The van der Waals surface area contributed by atoms with E-state index in [2.05, 4.69) is 34.2 Å². The number of hydrogen-bond acceptors (Lipinski definition) is 2. The van der Waals surface area contributed by atoms with E-state index in [1.807, 2.05) is 49.5 Å². The molecule has 18 heavy (non-hydrogen) atoms. The predicted molar refractivity (Wildman–Crippen MR) is 78.1 cm³/mol. The molecule has 0 spiro atoms. The highest BCUT2D eigenvalue weighted by molar-refractivity contribution is 9.10. The summed E-state index contributed by atoms with van der Waals surface area (Å²) in [6.07, 6.45) is 0. The maximum Gasteiger partial charge on any atom is 0.133 e. The summed E-state index contributed by atoms with van der Waals surface area (Å²) < 4.78 is 6.96. The monoisotopic (exact) mass is 305 g/mol. The van der Waals surface area contributed by atoms with Gasteiger partial charge in [-0.3, -0.25) is 0 Å². The molecule has 0 amide bonds. The Morgan fingerprint density at radius 2 is 1.83 bits per heavy atom. The number of nitrogens with one attached hydrogen (secondary N) is 1. The van der Waals surface area contributed by atoms with E-state index in [-0.39, 0.29) is 6.04 Å². The maximum absolute atomic E-state index is 5.94. The Hall–Kier alpha value is -1.32. The Kier molecular flexibility index (Phi) is 4.39. The molecule has 0 heterocycles. The summed E-state index contributed by atoms with van der Waals surface area (Å²) in [6, 6.07) is 16.2. The van der Waals surface area contributed by atoms with E-state index in [0.29, 0.717) is 0 Å². The van der Waals surface area contributed by atoms with Crippen molar-refractivity contribution in [3.63, 3.8) is 0 Å². The van der Waals surface area contributed by atoms with Crippen molar-refractivity contribution in [3.05, 3.63) is 58.6 Å². The molecule has 0 aliphatic heterocycles. The smallest absolute Gasteiger partial charge is 0.133 e. The molecular formula is C15H16BrNO. The molecule has 2 aromatic carbocycles. The fourth-order valence-electron chi connectivity index (χ4n) is 1.73. The van der Waals surface area contributed by atoms with E-state index < -0.39 is 0 Å². The molecule has 1 unspecified atom stereocenters. The van der Waals surface area contributed by atoms with E-state index >= 15 is 0 Å². The zero-order valence-corrected chi connectivity index (χ0v) is 12.1. The number of ether oxygens (including phenoxy) is 1. The van der Waals surface area contributed by atoms with Gasteiger partial charge in [-0.25, -0.2) is 0 Å². The van der Waals surface area contributed by atoms with Crippen LogP contribution in [0.25, 0.3) is 0 Å². The van der Waals surface area contributed by atoms with E-state index in [9.17, 15) is 0 Å². The Morgan fingerprint density at radius 3 is 2.50 bits per heavy atom. The average Bonchev–Trinajstić information content (AvgIpc) is 2.39. The van der Waals surface area contributed by atoms with Crippen LogP contribution in [0.15, 0.2) is 53.0 Å². The van der Waals surface area contributed by atoms with Crippen LogP contribution in [-0.2, 0) is 0 Å². The van der Waals surface area contributed by atoms with Crippen molar-refractivity contribution in [2.24, 2.45) is 0 Å². The minimum atomic E-state index is 0.247.